The van der Waals surface area contributed by atoms with E-state index in [-0.39, 0.29) is 0 Å². The van der Waals surface area contributed by atoms with Crippen LogP contribution in [-0.4, -0.2) is 37.1 Å². The molecular formula is C12H26N2. The van der Waals surface area contributed by atoms with Gasteiger partial charge < -0.3 is 10.2 Å². The molecule has 0 amide bonds. The van der Waals surface area contributed by atoms with Gasteiger partial charge in [-0.25, -0.2) is 0 Å². The average Bonchev–Trinajstić information content (AvgIpc) is 2.51. The summed E-state index contributed by atoms with van der Waals surface area (Å²) in [7, 11) is 0. The molecule has 2 heteroatoms. The van der Waals surface area contributed by atoms with Crippen LogP contribution >= 0.6 is 0 Å². The summed E-state index contributed by atoms with van der Waals surface area (Å²) in [6.45, 7) is 14.2. The molecule has 14 heavy (non-hydrogen) atoms. The summed E-state index contributed by atoms with van der Waals surface area (Å²) in [5, 5.41) is 3.47. The largest absolute Gasteiger partial charge is 0.316 e. The third kappa shape index (κ3) is 3.25. The minimum atomic E-state index is 0.513. The number of nitrogens with zero attached hydrogens (tertiary/aromatic N) is 1. The molecule has 0 bridgehead atoms. The molecule has 1 unspecified atom stereocenters. The molecule has 1 fully saturated rings. The number of hydrogen-bond donors (Lipinski definition) is 1. The van der Waals surface area contributed by atoms with E-state index in [1.54, 1.807) is 0 Å². The van der Waals surface area contributed by atoms with Gasteiger partial charge in [-0.15, -0.1) is 0 Å². The van der Waals surface area contributed by atoms with E-state index < -0.39 is 0 Å². The molecule has 84 valence electrons. The van der Waals surface area contributed by atoms with Crippen molar-refractivity contribution in [1.29, 1.82) is 0 Å². The van der Waals surface area contributed by atoms with Gasteiger partial charge in [-0.05, 0) is 45.2 Å². The van der Waals surface area contributed by atoms with E-state index in [4.69, 9.17) is 0 Å². The topological polar surface area (TPSA) is 15.3 Å². The average molecular weight is 198 g/mol. The Labute approximate surface area is 89.1 Å². The first-order valence-electron chi connectivity index (χ1n) is 6.02. The normalized spacial score (nSPS) is 27.9. The van der Waals surface area contributed by atoms with E-state index in [0.29, 0.717) is 11.5 Å². The van der Waals surface area contributed by atoms with Crippen LogP contribution in [0, 0.1) is 5.41 Å². The highest BCUT2D eigenvalue weighted by atomic mass is 15.2. The van der Waals surface area contributed by atoms with Crippen LogP contribution in [-0.2, 0) is 0 Å². The van der Waals surface area contributed by atoms with Crippen LogP contribution in [0.4, 0.5) is 0 Å². The standard InChI is InChI=1S/C12H26N2/c1-5-8-14(11(2)3)10-12(4)6-7-13-9-12/h11,13H,5-10H2,1-4H3. The SMILES string of the molecule is CCCN(CC1(C)CCNC1)C(C)C. The molecule has 1 heterocycles. The maximum Gasteiger partial charge on any atom is 0.00507 e. The van der Waals surface area contributed by atoms with Crippen LogP contribution in [0.3, 0.4) is 0 Å². The lowest BCUT2D eigenvalue weighted by atomic mass is 9.88. The Balaban J connectivity index is 2.45. The first-order valence-corrected chi connectivity index (χ1v) is 6.02. The van der Waals surface area contributed by atoms with Crippen molar-refractivity contribution in [3.8, 4) is 0 Å². The van der Waals surface area contributed by atoms with Gasteiger partial charge in [0.2, 0.25) is 0 Å². The zero-order valence-electron chi connectivity index (χ0n) is 10.3. The van der Waals surface area contributed by atoms with E-state index >= 15 is 0 Å². The van der Waals surface area contributed by atoms with Crippen LogP contribution in [0.2, 0.25) is 0 Å². The lowest BCUT2D eigenvalue weighted by Crippen LogP contribution is -2.41. The van der Waals surface area contributed by atoms with E-state index in [0.717, 1.165) is 0 Å². The van der Waals surface area contributed by atoms with Gasteiger partial charge in [-0.2, -0.15) is 0 Å². The second kappa shape index (κ2) is 5.13. The molecule has 1 saturated heterocycles. The van der Waals surface area contributed by atoms with Crippen molar-refractivity contribution in [1.82, 2.24) is 10.2 Å². The molecule has 0 aromatic rings. The highest BCUT2D eigenvalue weighted by molar-refractivity contribution is 4.87. The van der Waals surface area contributed by atoms with Gasteiger partial charge in [0, 0.05) is 19.1 Å². The summed E-state index contributed by atoms with van der Waals surface area (Å²) in [6, 6.07) is 0.687. The molecule has 0 radical (unpaired) electrons. The van der Waals surface area contributed by atoms with Crippen molar-refractivity contribution in [2.75, 3.05) is 26.2 Å². The summed E-state index contributed by atoms with van der Waals surface area (Å²) in [5.41, 5.74) is 0.513. The maximum absolute atomic E-state index is 3.47. The molecule has 2 nitrogen and oxygen atoms in total. The van der Waals surface area contributed by atoms with E-state index in [1.807, 2.05) is 0 Å². The van der Waals surface area contributed by atoms with Crippen molar-refractivity contribution >= 4 is 0 Å². The fourth-order valence-electron chi connectivity index (χ4n) is 2.30. The lowest BCUT2D eigenvalue weighted by Gasteiger charge is -2.34. The van der Waals surface area contributed by atoms with Gasteiger partial charge in [0.15, 0.2) is 0 Å². The molecule has 1 aliphatic heterocycles. The zero-order valence-corrected chi connectivity index (χ0v) is 10.3. The molecule has 1 N–H and O–H groups in total. The van der Waals surface area contributed by atoms with Gasteiger partial charge in [-0.3, -0.25) is 0 Å². The van der Waals surface area contributed by atoms with Gasteiger partial charge in [0.1, 0.15) is 0 Å². The van der Waals surface area contributed by atoms with Crippen LogP contribution < -0.4 is 5.32 Å². The van der Waals surface area contributed by atoms with Crippen molar-refractivity contribution in [3.63, 3.8) is 0 Å². The summed E-state index contributed by atoms with van der Waals surface area (Å²) >= 11 is 0. The second-order valence-corrected chi connectivity index (χ2v) is 5.30. The smallest absolute Gasteiger partial charge is 0.00507 e. The van der Waals surface area contributed by atoms with Crippen molar-refractivity contribution in [2.45, 2.75) is 46.6 Å². The number of nitrogens with one attached hydrogen (secondary N) is 1. The predicted molar refractivity (Wildman–Crippen MR) is 62.6 cm³/mol. The molecule has 1 aliphatic rings. The molecule has 0 aromatic heterocycles. The van der Waals surface area contributed by atoms with Crippen LogP contribution in [0.1, 0.15) is 40.5 Å². The molecule has 0 spiro atoms. The third-order valence-electron chi connectivity index (χ3n) is 3.28. The van der Waals surface area contributed by atoms with Crippen molar-refractivity contribution in [3.05, 3.63) is 0 Å². The predicted octanol–water partition coefficient (Wildman–Crippen LogP) is 2.11. The fraction of sp³-hybridized carbons (Fsp3) is 1.00. The highest BCUT2D eigenvalue weighted by Gasteiger charge is 2.30. The maximum atomic E-state index is 3.47. The Hall–Kier alpha value is -0.0800. The van der Waals surface area contributed by atoms with Crippen LogP contribution in [0.5, 0.6) is 0 Å². The first-order chi connectivity index (χ1) is 6.57. The molecule has 0 saturated carbocycles. The molecule has 1 rings (SSSR count). The molecule has 1 atom stereocenters. The van der Waals surface area contributed by atoms with E-state index in [1.165, 1.54) is 39.0 Å². The summed E-state index contributed by atoms with van der Waals surface area (Å²) in [5.74, 6) is 0. The van der Waals surface area contributed by atoms with Crippen LogP contribution in [0.25, 0.3) is 0 Å². The minimum absolute atomic E-state index is 0.513. The summed E-state index contributed by atoms with van der Waals surface area (Å²) in [4.78, 5) is 2.62. The summed E-state index contributed by atoms with van der Waals surface area (Å²) < 4.78 is 0. The van der Waals surface area contributed by atoms with E-state index in [2.05, 4.69) is 37.9 Å². The second-order valence-electron chi connectivity index (χ2n) is 5.30. The van der Waals surface area contributed by atoms with Crippen molar-refractivity contribution in [2.24, 2.45) is 5.41 Å². The zero-order chi connectivity index (χ0) is 10.6. The molecular weight excluding hydrogens is 172 g/mol. The summed E-state index contributed by atoms with van der Waals surface area (Å²) in [6.07, 6.45) is 2.60. The van der Waals surface area contributed by atoms with Gasteiger partial charge in [0.05, 0.1) is 0 Å². The fourth-order valence-corrected chi connectivity index (χ4v) is 2.30. The van der Waals surface area contributed by atoms with Gasteiger partial charge in [0.25, 0.3) is 0 Å². The monoisotopic (exact) mass is 198 g/mol. The Morgan fingerprint density at radius 2 is 2.14 bits per heavy atom. The van der Waals surface area contributed by atoms with Crippen molar-refractivity contribution < 1.29 is 0 Å². The van der Waals surface area contributed by atoms with E-state index in [9.17, 15) is 0 Å². The lowest BCUT2D eigenvalue weighted by molar-refractivity contribution is 0.144. The molecule has 0 aliphatic carbocycles. The Morgan fingerprint density at radius 3 is 2.57 bits per heavy atom. The van der Waals surface area contributed by atoms with Crippen LogP contribution in [0.15, 0.2) is 0 Å². The first kappa shape index (κ1) is 12.0. The Kier molecular flexibility index (Phi) is 4.39. The number of rotatable bonds is 5. The third-order valence-corrected chi connectivity index (χ3v) is 3.28. The highest BCUT2D eigenvalue weighted by Crippen LogP contribution is 2.26. The Morgan fingerprint density at radius 1 is 1.43 bits per heavy atom. The van der Waals surface area contributed by atoms with Gasteiger partial charge in [-0.1, -0.05) is 13.8 Å². The van der Waals surface area contributed by atoms with Gasteiger partial charge >= 0.3 is 0 Å². The minimum Gasteiger partial charge on any atom is -0.316 e. The molecule has 0 aromatic carbocycles. The number of hydrogen-bond acceptors (Lipinski definition) is 2. The quantitative estimate of drug-likeness (QED) is 0.728. The Bertz CT molecular complexity index is 160.